The van der Waals surface area contributed by atoms with Gasteiger partial charge in [-0.1, -0.05) is 35.0 Å². The number of benzene rings is 1. The lowest BCUT2D eigenvalue weighted by Gasteiger charge is -2.09. The number of hydrogen-bond donors (Lipinski definition) is 1. The third-order valence-electron chi connectivity index (χ3n) is 4.70. The Kier molecular flexibility index (Phi) is 8.58. The van der Waals surface area contributed by atoms with E-state index < -0.39 is 17.8 Å². The molecule has 0 spiro atoms. The van der Waals surface area contributed by atoms with Crippen LogP contribution in [0.25, 0.3) is 11.4 Å². The first-order valence-electron chi connectivity index (χ1n) is 9.83. The zero-order valence-electron chi connectivity index (χ0n) is 18.6. The predicted octanol–water partition coefficient (Wildman–Crippen LogP) is 4.95. The maximum Gasteiger partial charge on any atom is 0.348 e. The molecule has 0 unspecified atom stereocenters. The van der Waals surface area contributed by atoms with Crippen molar-refractivity contribution in [1.29, 1.82) is 0 Å². The lowest BCUT2D eigenvalue weighted by Crippen LogP contribution is -2.16. The van der Waals surface area contributed by atoms with Crippen molar-refractivity contribution in [2.75, 3.05) is 25.3 Å². The van der Waals surface area contributed by atoms with Crippen molar-refractivity contribution < 1.29 is 23.9 Å². The van der Waals surface area contributed by atoms with Crippen molar-refractivity contribution in [3.63, 3.8) is 0 Å². The molecule has 0 atom stereocenters. The number of ether oxygens (including phenoxy) is 2. The molecule has 0 aliphatic rings. The molecule has 0 aliphatic heterocycles. The number of anilines is 1. The number of rotatable bonds is 8. The molecule has 1 amide bonds. The van der Waals surface area contributed by atoms with Crippen LogP contribution < -0.4 is 5.32 Å². The van der Waals surface area contributed by atoms with E-state index in [1.54, 1.807) is 25.1 Å². The fourth-order valence-electron chi connectivity index (χ4n) is 3.08. The molecule has 34 heavy (non-hydrogen) atoms. The first-order chi connectivity index (χ1) is 16.2. The van der Waals surface area contributed by atoms with Gasteiger partial charge in [0.2, 0.25) is 5.91 Å². The van der Waals surface area contributed by atoms with Gasteiger partial charge in [-0.25, -0.2) is 9.59 Å². The quantitative estimate of drug-likeness (QED) is 0.314. The monoisotopic (exact) mass is 542 g/mol. The SMILES string of the molecule is CCn1c(SCC(=O)Nc2sc(C(=O)OC)c(C)c2C(=O)OC)nnc1-c1ccc(Cl)cc1Cl. The van der Waals surface area contributed by atoms with Gasteiger partial charge >= 0.3 is 11.9 Å². The molecule has 0 saturated heterocycles. The van der Waals surface area contributed by atoms with Crippen LogP contribution in [0.5, 0.6) is 0 Å². The molecule has 180 valence electrons. The number of nitrogens with one attached hydrogen (secondary N) is 1. The van der Waals surface area contributed by atoms with E-state index >= 15 is 0 Å². The van der Waals surface area contributed by atoms with Crippen molar-refractivity contribution in [3.05, 3.63) is 44.2 Å². The Labute approximate surface area is 213 Å². The number of carbonyl (C=O) groups excluding carboxylic acids is 3. The van der Waals surface area contributed by atoms with Gasteiger partial charge in [0.05, 0.1) is 30.6 Å². The maximum absolute atomic E-state index is 12.7. The minimum absolute atomic E-state index is 0.0163. The lowest BCUT2D eigenvalue weighted by molar-refractivity contribution is -0.113. The second kappa shape index (κ2) is 11.2. The van der Waals surface area contributed by atoms with Crippen LogP contribution in [-0.4, -0.2) is 52.6 Å². The summed E-state index contributed by atoms with van der Waals surface area (Å²) in [6.07, 6.45) is 0. The van der Waals surface area contributed by atoms with Crippen molar-refractivity contribution in [3.8, 4) is 11.4 Å². The van der Waals surface area contributed by atoms with E-state index in [-0.39, 0.29) is 21.2 Å². The Morgan fingerprint density at radius 1 is 1.15 bits per heavy atom. The number of esters is 2. The van der Waals surface area contributed by atoms with Crippen LogP contribution in [-0.2, 0) is 20.8 Å². The van der Waals surface area contributed by atoms with Gasteiger partial charge in [0, 0.05) is 17.1 Å². The van der Waals surface area contributed by atoms with Crippen LogP contribution >= 0.6 is 46.3 Å². The van der Waals surface area contributed by atoms with Crippen molar-refractivity contribution in [1.82, 2.24) is 14.8 Å². The number of carbonyl (C=O) groups is 3. The number of thioether (sulfide) groups is 1. The third-order valence-corrected chi connectivity index (χ3v) is 7.40. The lowest BCUT2D eigenvalue weighted by atomic mass is 10.1. The predicted molar refractivity (Wildman–Crippen MR) is 132 cm³/mol. The molecule has 1 aromatic carbocycles. The Balaban J connectivity index is 1.79. The zero-order valence-corrected chi connectivity index (χ0v) is 21.7. The van der Waals surface area contributed by atoms with Crippen LogP contribution in [0.4, 0.5) is 5.00 Å². The van der Waals surface area contributed by atoms with Crippen LogP contribution in [0.1, 0.15) is 32.5 Å². The van der Waals surface area contributed by atoms with Gasteiger partial charge in [0.1, 0.15) is 9.88 Å². The maximum atomic E-state index is 12.7. The normalized spacial score (nSPS) is 10.8. The molecule has 3 rings (SSSR count). The molecule has 0 saturated carbocycles. The van der Waals surface area contributed by atoms with Gasteiger partial charge in [-0.05, 0) is 37.6 Å². The summed E-state index contributed by atoms with van der Waals surface area (Å²) >= 11 is 14.4. The molecule has 2 aromatic heterocycles. The molecule has 3 aromatic rings. The smallest absolute Gasteiger partial charge is 0.348 e. The summed E-state index contributed by atoms with van der Waals surface area (Å²) in [5.41, 5.74) is 1.16. The van der Waals surface area contributed by atoms with E-state index in [1.807, 2.05) is 11.5 Å². The summed E-state index contributed by atoms with van der Waals surface area (Å²) in [4.78, 5) is 37.2. The van der Waals surface area contributed by atoms with E-state index in [0.29, 0.717) is 38.7 Å². The number of hydrogen-bond acceptors (Lipinski definition) is 9. The number of nitrogens with zero attached hydrogens (tertiary/aromatic N) is 3. The van der Waals surface area contributed by atoms with Crippen LogP contribution in [0.3, 0.4) is 0 Å². The highest BCUT2D eigenvalue weighted by Crippen LogP contribution is 2.35. The molecular weight excluding hydrogens is 523 g/mol. The first kappa shape index (κ1) is 26.0. The summed E-state index contributed by atoms with van der Waals surface area (Å²) in [5.74, 6) is -1.13. The van der Waals surface area contributed by atoms with E-state index in [9.17, 15) is 14.4 Å². The van der Waals surface area contributed by atoms with E-state index in [2.05, 4.69) is 15.5 Å². The Morgan fingerprint density at radius 3 is 2.47 bits per heavy atom. The Morgan fingerprint density at radius 2 is 1.85 bits per heavy atom. The summed E-state index contributed by atoms with van der Waals surface area (Å²) in [6.45, 7) is 4.06. The topological polar surface area (TPSA) is 112 Å². The first-order valence-corrected chi connectivity index (χ1v) is 12.4. The highest BCUT2D eigenvalue weighted by molar-refractivity contribution is 7.99. The van der Waals surface area contributed by atoms with Crippen molar-refractivity contribution >= 4 is 69.1 Å². The average Bonchev–Trinajstić information content (AvgIpc) is 3.36. The van der Waals surface area contributed by atoms with Crippen LogP contribution in [0, 0.1) is 6.92 Å². The molecule has 13 heteroatoms. The average molecular weight is 543 g/mol. The van der Waals surface area contributed by atoms with E-state index in [4.69, 9.17) is 32.7 Å². The van der Waals surface area contributed by atoms with Gasteiger partial charge < -0.3 is 19.4 Å². The molecule has 0 bridgehead atoms. The fraction of sp³-hybridized carbons (Fsp3) is 0.286. The second-order valence-corrected chi connectivity index (χ2v) is 9.56. The van der Waals surface area contributed by atoms with Gasteiger partial charge in [-0.2, -0.15) is 0 Å². The van der Waals surface area contributed by atoms with Gasteiger partial charge in [-0.3, -0.25) is 4.79 Å². The third kappa shape index (κ3) is 5.38. The van der Waals surface area contributed by atoms with Gasteiger partial charge in [0.25, 0.3) is 0 Å². The minimum atomic E-state index is -0.665. The Bertz CT molecular complexity index is 1260. The number of halogens is 2. The van der Waals surface area contributed by atoms with Crippen LogP contribution in [0.2, 0.25) is 10.0 Å². The number of aromatic nitrogens is 3. The minimum Gasteiger partial charge on any atom is -0.465 e. The van der Waals surface area contributed by atoms with Crippen LogP contribution in [0.15, 0.2) is 23.4 Å². The standard InChI is InChI=1S/C21H20Cl2N4O5S2/c1-5-27-17(12-7-6-11(22)8-13(12)23)25-26-21(27)33-9-14(28)24-18-15(19(29)31-3)10(2)16(34-18)20(30)32-4/h6-8H,5,9H2,1-4H3,(H,24,28). The summed E-state index contributed by atoms with van der Waals surface area (Å²) < 4.78 is 11.4. The number of thiophene rings is 1. The van der Waals surface area contributed by atoms with E-state index in [1.165, 1.54) is 26.0 Å². The molecule has 0 radical (unpaired) electrons. The van der Waals surface area contributed by atoms with Gasteiger partial charge in [-0.15, -0.1) is 21.5 Å². The summed E-state index contributed by atoms with van der Waals surface area (Å²) in [5, 5.41) is 12.8. The van der Waals surface area contributed by atoms with Gasteiger partial charge in [0.15, 0.2) is 11.0 Å². The molecule has 0 fully saturated rings. The largest absolute Gasteiger partial charge is 0.465 e. The second-order valence-electron chi connectivity index (χ2n) is 6.75. The van der Waals surface area contributed by atoms with E-state index in [0.717, 1.165) is 11.3 Å². The highest BCUT2D eigenvalue weighted by atomic mass is 35.5. The molecule has 1 N–H and O–H groups in total. The molecule has 2 heterocycles. The Hall–Kier alpha value is -2.60. The molecule has 0 aliphatic carbocycles. The summed E-state index contributed by atoms with van der Waals surface area (Å²) in [7, 11) is 2.46. The number of amides is 1. The zero-order chi connectivity index (χ0) is 25.0. The van der Waals surface area contributed by atoms with Crippen molar-refractivity contribution in [2.24, 2.45) is 0 Å². The van der Waals surface area contributed by atoms with Crippen molar-refractivity contribution in [2.45, 2.75) is 25.5 Å². The number of methoxy groups -OCH3 is 2. The molecule has 9 nitrogen and oxygen atoms in total. The fourth-order valence-corrected chi connectivity index (χ4v) is 5.50. The highest BCUT2D eigenvalue weighted by Gasteiger charge is 2.27. The molecular formula is C21H20Cl2N4O5S2. The summed E-state index contributed by atoms with van der Waals surface area (Å²) in [6, 6.07) is 5.09.